The minimum absolute atomic E-state index is 0.362. The molecule has 0 radical (unpaired) electrons. The number of benzene rings is 1. The molecular formula is C15H22ClF3N4. The molecule has 0 fully saturated rings. The third-order valence-corrected chi connectivity index (χ3v) is 3.31. The van der Waals surface area contributed by atoms with Gasteiger partial charge in [0.1, 0.15) is 0 Å². The third kappa shape index (κ3) is 9.30. The molecular weight excluding hydrogens is 329 g/mol. The fourth-order valence-corrected chi connectivity index (χ4v) is 2.08. The number of rotatable bonds is 7. The lowest BCUT2D eigenvalue weighted by Crippen LogP contribution is -2.39. The molecule has 1 aromatic carbocycles. The Labute approximate surface area is 139 Å². The van der Waals surface area contributed by atoms with E-state index in [2.05, 4.69) is 15.6 Å². The van der Waals surface area contributed by atoms with Gasteiger partial charge in [0.05, 0.1) is 6.54 Å². The van der Waals surface area contributed by atoms with E-state index in [-0.39, 0.29) is 0 Å². The Hall–Kier alpha value is -1.47. The molecule has 0 aliphatic heterocycles. The van der Waals surface area contributed by atoms with Crippen LogP contribution in [0.3, 0.4) is 0 Å². The molecule has 0 spiro atoms. The molecule has 0 heterocycles. The lowest BCUT2D eigenvalue weighted by molar-refractivity contribution is -0.143. The zero-order valence-electron chi connectivity index (χ0n) is 13.3. The zero-order valence-corrected chi connectivity index (χ0v) is 14.0. The number of nitrogens with zero attached hydrogens (tertiary/aromatic N) is 2. The van der Waals surface area contributed by atoms with Gasteiger partial charge in [-0.25, -0.2) is 0 Å². The summed E-state index contributed by atoms with van der Waals surface area (Å²) in [7, 11) is 3.11. The minimum atomic E-state index is -4.15. The second-order valence-electron chi connectivity index (χ2n) is 5.19. The van der Waals surface area contributed by atoms with Gasteiger partial charge in [-0.15, -0.1) is 0 Å². The van der Waals surface area contributed by atoms with Crippen LogP contribution in [-0.2, 0) is 6.54 Å². The number of hydrogen-bond acceptors (Lipinski definition) is 2. The molecule has 4 nitrogen and oxygen atoms in total. The number of aliphatic imine (C=N–C) groups is 1. The Morgan fingerprint density at radius 1 is 1.22 bits per heavy atom. The fraction of sp³-hybridized carbons (Fsp3) is 0.533. The van der Waals surface area contributed by atoms with Gasteiger partial charge in [0.15, 0.2) is 5.96 Å². The van der Waals surface area contributed by atoms with E-state index >= 15 is 0 Å². The van der Waals surface area contributed by atoms with Gasteiger partial charge in [0.25, 0.3) is 0 Å². The van der Waals surface area contributed by atoms with Crippen LogP contribution in [0.15, 0.2) is 29.3 Å². The van der Waals surface area contributed by atoms with Gasteiger partial charge < -0.3 is 10.6 Å². The summed E-state index contributed by atoms with van der Waals surface area (Å²) in [5.41, 5.74) is 1.06. The summed E-state index contributed by atoms with van der Waals surface area (Å²) >= 11 is 5.82. The fourth-order valence-electron chi connectivity index (χ4n) is 1.95. The van der Waals surface area contributed by atoms with Crippen molar-refractivity contribution in [3.8, 4) is 0 Å². The predicted molar refractivity (Wildman–Crippen MR) is 87.8 cm³/mol. The van der Waals surface area contributed by atoms with Gasteiger partial charge in [-0.1, -0.05) is 23.7 Å². The molecule has 0 bridgehead atoms. The van der Waals surface area contributed by atoms with E-state index in [0.717, 1.165) is 5.56 Å². The standard InChI is InChI=1S/C15H22ClF3N4/c1-20-14(22-10-12-4-6-13(16)7-5-12)21-8-3-9-23(2)11-15(17,18)19/h4-7H,3,8-11H2,1-2H3,(H2,20,21,22). The van der Waals surface area contributed by atoms with E-state index in [9.17, 15) is 13.2 Å². The summed E-state index contributed by atoms with van der Waals surface area (Å²) in [5, 5.41) is 6.89. The summed E-state index contributed by atoms with van der Waals surface area (Å²) in [6.45, 7) is 0.602. The summed E-state index contributed by atoms with van der Waals surface area (Å²) < 4.78 is 36.6. The summed E-state index contributed by atoms with van der Waals surface area (Å²) in [6, 6.07) is 7.44. The first-order chi connectivity index (χ1) is 10.8. The molecule has 23 heavy (non-hydrogen) atoms. The molecule has 1 aromatic rings. The molecule has 0 aliphatic rings. The Morgan fingerprint density at radius 2 is 1.87 bits per heavy atom. The molecule has 8 heteroatoms. The SMILES string of the molecule is CN=C(NCCCN(C)CC(F)(F)F)NCc1ccc(Cl)cc1. The van der Waals surface area contributed by atoms with Crippen molar-refractivity contribution in [2.24, 2.45) is 4.99 Å². The molecule has 0 amide bonds. The van der Waals surface area contributed by atoms with Gasteiger partial charge in [-0.2, -0.15) is 13.2 Å². The van der Waals surface area contributed by atoms with Crippen molar-refractivity contribution >= 4 is 17.6 Å². The maximum atomic E-state index is 12.2. The van der Waals surface area contributed by atoms with Crippen molar-refractivity contribution < 1.29 is 13.2 Å². The van der Waals surface area contributed by atoms with Crippen LogP contribution in [0.4, 0.5) is 13.2 Å². The molecule has 0 unspecified atom stereocenters. The van der Waals surface area contributed by atoms with Crippen LogP contribution in [0, 0.1) is 0 Å². The molecule has 0 aliphatic carbocycles. The van der Waals surface area contributed by atoms with Gasteiger partial charge in [-0.3, -0.25) is 9.89 Å². The van der Waals surface area contributed by atoms with E-state index in [1.807, 2.05) is 24.3 Å². The lowest BCUT2D eigenvalue weighted by Gasteiger charge is -2.19. The summed E-state index contributed by atoms with van der Waals surface area (Å²) in [4.78, 5) is 5.33. The van der Waals surface area contributed by atoms with Gasteiger partial charge in [0, 0.05) is 25.2 Å². The van der Waals surface area contributed by atoms with Crippen molar-refractivity contribution in [3.63, 3.8) is 0 Å². The van der Waals surface area contributed by atoms with Crippen molar-refractivity contribution in [1.29, 1.82) is 0 Å². The highest BCUT2D eigenvalue weighted by Crippen LogP contribution is 2.15. The average molecular weight is 351 g/mol. The lowest BCUT2D eigenvalue weighted by atomic mass is 10.2. The van der Waals surface area contributed by atoms with Crippen molar-refractivity contribution in [1.82, 2.24) is 15.5 Å². The number of halogens is 4. The highest BCUT2D eigenvalue weighted by molar-refractivity contribution is 6.30. The molecule has 1 rings (SSSR count). The molecule has 0 saturated carbocycles. The molecule has 130 valence electrons. The molecule has 0 atom stereocenters. The van der Waals surface area contributed by atoms with Crippen LogP contribution in [-0.4, -0.2) is 50.8 Å². The monoisotopic (exact) mass is 350 g/mol. The maximum Gasteiger partial charge on any atom is 0.401 e. The quantitative estimate of drug-likeness (QED) is 0.451. The average Bonchev–Trinajstić information content (AvgIpc) is 2.46. The molecule has 2 N–H and O–H groups in total. The predicted octanol–water partition coefficient (Wildman–Crippen LogP) is 2.89. The number of hydrogen-bond donors (Lipinski definition) is 2. The van der Waals surface area contributed by atoms with Crippen molar-refractivity contribution in [2.45, 2.75) is 19.1 Å². The van der Waals surface area contributed by atoms with E-state index in [1.54, 1.807) is 7.05 Å². The summed E-state index contributed by atoms with van der Waals surface area (Å²) in [6.07, 6.45) is -3.56. The normalized spacial score (nSPS) is 12.6. The zero-order chi connectivity index (χ0) is 17.3. The van der Waals surface area contributed by atoms with Crippen LogP contribution >= 0.6 is 11.6 Å². The van der Waals surface area contributed by atoms with Gasteiger partial charge >= 0.3 is 6.18 Å². The summed E-state index contributed by atoms with van der Waals surface area (Å²) in [5.74, 6) is 0.610. The van der Waals surface area contributed by atoms with E-state index in [0.29, 0.717) is 37.0 Å². The number of nitrogens with one attached hydrogen (secondary N) is 2. The second-order valence-corrected chi connectivity index (χ2v) is 5.62. The minimum Gasteiger partial charge on any atom is -0.356 e. The second kappa shape index (κ2) is 9.62. The highest BCUT2D eigenvalue weighted by atomic mass is 35.5. The maximum absolute atomic E-state index is 12.2. The largest absolute Gasteiger partial charge is 0.401 e. The Bertz CT molecular complexity index is 488. The Balaban J connectivity index is 2.23. The van der Waals surface area contributed by atoms with Crippen LogP contribution in [0.2, 0.25) is 5.02 Å². The molecule has 0 saturated heterocycles. The smallest absolute Gasteiger partial charge is 0.356 e. The van der Waals surface area contributed by atoms with E-state index < -0.39 is 12.7 Å². The number of guanidine groups is 1. The number of alkyl halides is 3. The van der Waals surface area contributed by atoms with Gasteiger partial charge in [-0.05, 0) is 37.7 Å². The van der Waals surface area contributed by atoms with Gasteiger partial charge in [0.2, 0.25) is 0 Å². The van der Waals surface area contributed by atoms with Crippen LogP contribution in [0.5, 0.6) is 0 Å². The third-order valence-electron chi connectivity index (χ3n) is 3.06. The van der Waals surface area contributed by atoms with Crippen LogP contribution in [0.1, 0.15) is 12.0 Å². The van der Waals surface area contributed by atoms with Crippen LogP contribution < -0.4 is 10.6 Å². The Morgan fingerprint density at radius 3 is 2.43 bits per heavy atom. The molecule has 0 aromatic heterocycles. The highest BCUT2D eigenvalue weighted by Gasteiger charge is 2.28. The first-order valence-electron chi connectivity index (χ1n) is 7.24. The first-order valence-corrected chi connectivity index (χ1v) is 7.62. The van der Waals surface area contributed by atoms with Crippen LogP contribution in [0.25, 0.3) is 0 Å². The topological polar surface area (TPSA) is 39.7 Å². The van der Waals surface area contributed by atoms with Crippen molar-refractivity contribution in [2.75, 3.05) is 33.7 Å². The first kappa shape index (κ1) is 19.6. The van der Waals surface area contributed by atoms with E-state index in [4.69, 9.17) is 11.6 Å². The van der Waals surface area contributed by atoms with Crippen molar-refractivity contribution in [3.05, 3.63) is 34.9 Å². The van der Waals surface area contributed by atoms with E-state index in [1.165, 1.54) is 11.9 Å². The Kier molecular flexibility index (Phi) is 8.19.